The summed E-state index contributed by atoms with van der Waals surface area (Å²) in [5, 5.41) is 15.0. The van der Waals surface area contributed by atoms with E-state index >= 15 is 0 Å². The second-order valence-corrected chi connectivity index (χ2v) is 7.64. The summed E-state index contributed by atoms with van der Waals surface area (Å²) >= 11 is 1.32. The summed E-state index contributed by atoms with van der Waals surface area (Å²) in [6, 6.07) is 7.38. The number of hydrogen-bond acceptors (Lipinski definition) is 5. The molecule has 0 bridgehead atoms. The molecule has 0 aliphatic heterocycles. The van der Waals surface area contributed by atoms with Crippen LogP contribution in [0.15, 0.2) is 24.3 Å². The zero-order valence-electron chi connectivity index (χ0n) is 15.7. The van der Waals surface area contributed by atoms with E-state index in [1.165, 1.54) is 16.9 Å². The lowest BCUT2D eigenvalue weighted by atomic mass is 10.0. The lowest BCUT2D eigenvalue weighted by molar-refractivity contribution is -0.127. The Balaban J connectivity index is 2.02. The van der Waals surface area contributed by atoms with Crippen LogP contribution < -0.4 is 10.6 Å². The minimum Gasteiger partial charge on any atom is -0.344 e. The highest BCUT2D eigenvalue weighted by molar-refractivity contribution is 7.18. The van der Waals surface area contributed by atoms with Crippen molar-refractivity contribution in [1.82, 2.24) is 15.5 Å². The molecular weight excluding hydrogens is 348 g/mol. The molecule has 6 nitrogen and oxygen atoms in total. The van der Waals surface area contributed by atoms with Crippen molar-refractivity contribution in [2.24, 2.45) is 5.92 Å². The van der Waals surface area contributed by atoms with Gasteiger partial charge in [0.05, 0.1) is 0 Å². The van der Waals surface area contributed by atoms with Crippen molar-refractivity contribution in [3.8, 4) is 10.6 Å². The van der Waals surface area contributed by atoms with Gasteiger partial charge in [0.25, 0.3) is 0 Å². The van der Waals surface area contributed by atoms with Crippen LogP contribution >= 0.6 is 11.3 Å². The van der Waals surface area contributed by atoms with Crippen LogP contribution in [0.4, 0.5) is 5.13 Å². The normalized spacial score (nSPS) is 12.0. The van der Waals surface area contributed by atoms with Gasteiger partial charge in [-0.05, 0) is 19.3 Å². The molecule has 0 saturated carbocycles. The van der Waals surface area contributed by atoms with Gasteiger partial charge in [-0.25, -0.2) is 0 Å². The molecule has 1 unspecified atom stereocenters. The summed E-state index contributed by atoms with van der Waals surface area (Å²) < 4.78 is 0. The third-order valence-electron chi connectivity index (χ3n) is 3.98. The zero-order chi connectivity index (χ0) is 19.1. The third kappa shape index (κ3) is 5.62. The summed E-state index contributed by atoms with van der Waals surface area (Å²) in [5.41, 5.74) is 2.13. The molecule has 1 aromatic carbocycles. The maximum absolute atomic E-state index is 12.6. The van der Waals surface area contributed by atoms with Gasteiger partial charge < -0.3 is 5.32 Å². The highest BCUT2D eigenvalue weighted by atomic mass is 32.1. The molecule has 0 fully saturated rings. The molecule has 0 radical (unpaired) electrons. The molecule has 2 rings (SSSR count). The highest BCUT2D eigenvalue weighted by Crippen LogP contribution is 2.26. The first-order valence-electron chi connectivity index (χ1n) is 8.91. The topological polar surface area (TPSA) is 84.0 Å². The number of carbonyl (C=O) groups excluding carboxylic acids is 2. The number of aromatic nitrogens is 2. The number of rotatable bonds is 8. The Bertz CT molecular complexity index is 740. The van der Waals surface area contributed by atoms with Crippen molar-refractivity contribution in [3.63, 3.8) is 0 Å². The Hall–Kier alpha value is -2.28. The average Bonchev–Trinajstić information content (AvgIpc) is 3.06. The van der Waals surface area contributed by atoms with Crippen molar-refractivity contribution in [1.29, 1.82) is 0 Å². The van der Waals surface area contributed by atoms with Gasteiger partial charge in [0.1, 0.15) is 11.0 Å². The minimum atomic E-state index is -0.592. The highest BCUT2D eigenvalue weighted by Gasteiger charge is 2.25. The Labute approximate surface area is 158 Å². The second-order valence-electron chi connectivity index (χ2n) is 6.66. The first-order valence-corrected chi connectivity index (χ1v) is 9.73. The van der Waals surface area contributed by atoms with Crippen LogP contribution in [0, 0.1) is 12.8 Å². The Morgan fingerprint density at radius 1 is 1.15 bits per heavy atom. The Morgan fingerprint density at radius 2 is 1.85 bits per heavy atom. The fraction of sp³-hybridized carbons (Fsp3) is 0.474. The van der Waals surface area contributed by atoms with Crippen molar-refractivity contribution in [2.75, 3.05) is 5.32 Å². The summed E-state index contributed by atoms with van der Waals surface area (Å²) in [5.74, 6) is -0.389. The summed E-state index contributed by atoms with van der Waals surface area (Å²) in [4.78, 5) is 24.5. The minimum absolute atomic E-state index is 0.0231. The standard InChI is InChI=1S/C19H26N4O2S/c1-5-6-7-15(24)20-16(12(2)3)17(25)21-19-23-22-18(26-19)14-10-8-13(4)9-11-14/h8-12,16H,5-7H2,1-4H3,(H,20,24)(H,21,23,25). The zero-order valence-corrected chi connectivity index (χ0v) is 16.5. The summed E-state index contributed by atoms with van der Waals surface area (Å²) in [7, 11) is 0. The van der Waals surface area contributed by atoms with Crippen LogP contribution in [-0.2, 0) is 9.59 Å². The average molecular weight is 375 g/mol. The molecule has 2 amide bonds. The van der Waals surface area contributed by atoms with Crippen LogP contribution in [0.1, 0.15) is 45.6 Å². The SMILES string of the molecule is CCCCC(=O)NC(C(=O)Nc1nnc(-c2ccc(C)cc2)s1)C(C)C. The fourth-order valence-electron chi connectivity index (χ4n) is 2.39. The van der Waals surface area contributed by atoms with E-state index in [0.717, 1.165) is 23.4 Å². The predicted molar refractivity (Wildman–Crippen MR) is 105 cm³/mol. The van der Waals surface area contributed by atoms with E-state index in [0.29, 0.717) is 11.6 Å². The maximum Gasteiger partial charge on any atom is 0.249 e. The molecule has 140 valence electrons. The van der Waals surface area contributed by atoms with Gasteiger partial charge in [0.2, 0.25) is 16.9 Å². The van der Waals surface area contributed by atoms with Crippen LogP contribution in [0.25, 0.3) is 10.6 Å². The smallest absolute Gasteiger partial charge is 0.249 e. The number of hydrogen-bond donors (Lipinski definition) is 2. The Morgan fingerprint density at radius 3 is 2.46 bits per heavy atom. The van der Waals surface area contributed by atoms with E-state index in [2.05, 4.69) is 20.8 Å². The summed E-state index contributed by atoms with van der Waals surface area (Å²) in [6.07, 6.45) is 2.19. The van der Waals surface area contributed by atoms with Gasteiger partial charge in [-0.2, -0.15) is 0 Å². The number of benzene rings is 1. The molecule has 1 heterocycles. The maximum atomic E-state index is 12.6. The molecule has 1 aromatic heterocycles. The van der Waals surface area contributed by atoms with Gasteiger partial charge in [0, 0.05) is 12.0 Å². The van der Waals surface area contributed by atoms with Crippen LogP contribution in [0.3, 0.4) is 0 Å². The van der Waals surface area contributed by atoms with Gasteiger partial charge >= 0.3 is 0 Å². The van der Waals surface area contributed by atoms with Gasteiger partial charge in [-0.3, -0.25) is 14.9 Å². The molecule has 0 saturated heterocycles. The molecule has 1 atom stereocenters. The van der Waals surface area contributed by atoms with Crippen molar-refractivity contribution < 1.29 is 9.59 Å². The van der Waals surface area contributed by atoms with Gasteiger partial charge in [-0.1, -0.05) is 68.4 Å². The van der Waals surface area contributed by atoms with E-state index in [1.807, 2.05) is 52.0 Å². The van der Waals surface area contributed by atoms with E-state index in [1.54, 1.807) is 0 Å². The van der Waals surface area contributed by atoms with E-state index in [4.69, 9.17) is 0 Å². The van der Waals surface area contributed by atoms with Crippen LogP contribution in [0.5, 0.6) is 0 Å². The molecule has 2 N–H and O–H groups in total. The molecule has 0 aliphatic carbocycles. The molecule has 0 spiro atoms. The second kappa shape index (κ2) is 9.43. The molecule has 0 aliphatic rings. The van der Waals surface area contributed by atoms with Crippen molar-refractivity contribution >= 4 is 28.3 Å². The monoisotopic (exact) mass is 374 g/mol. The molecular formula is C19H26N4O2S. The quantitative estimate of drug-likeness (QED) is 0.736. The number of carbonyl (C=O) groups is 2. The predicted octanol–water partition coefficient (Wildman–Crippen LogP) is 3.78. The molecule has 2 aromatic rings. The van der Waals surface area contributed by atoms with Crippen LogP contribution in [0.2, 0.25) is 0 Å². The number of nitrogens with zero attached hydrogens (tertiary/aromatic N) is 2. The molecule has 7 heteroatoms. The Kier molecular flexibility index (Phi) is 7.26. The summed E-state index contributed by atoms with van der Waals surface area (Å²) in [6.45, 7) is 7.86. The van der Waals surface area contributed by atoms with Crippen molar-refractivity contribution in [2.45, 2.75) is 53.0 Å². The van der Waals surface area contributed by atoms with E-state index < -0.39 is 6.04 Å². The van der Waals surface area contributed by atoms with E-state index in [-0.39, 0.29) is 17.7 Å². The number of nitrogens with one attached hydrogen (secondary N) is 2. The third-order valence-corrected chi connectivity index (χ3v) is 4.86. The number of amides is 2. The number of aryl methyl sites for hydroxylation is 1. The lowest BCUT2D eigenvalue weighted by Crippen LogP contribution is -2.47. The van der Waals surface area contributed by atoms with Gasteiger partial charge in [-0.15, -0.1) is 10.2 Å². The fourth-order valence-corrected chi connectivity index (χ4v) is 3.14. The van der Waals surface area contributed by atoms with E-state index in [9.17, 15) is 9.59 Å². The van der Waals surface area contributed by atoms with Crippen molar-refractivity contribution in [3.05, 3.63) is 29.8 Å². The van der Waals surface area contributed by atoms with Gasteiger partial charge in [0.15, 0.2) is 0 Å². The lowest BCUT2D eigenvalue weighted by Gasteiger charge is -2.20. The first kappa shape index (κ1) is 20.0. The first-order chi connectivity index (χ1) is 12.4. The number of anilines is 1. The largest absolute Gasteiger partial charge is 0.344 e. The molecule has 26 heavy (non-hydrogen) atoms. The van der Waals surface area contributed by atoms with Crippen LogP contribution in [-0.4, -0.2) is 28.1 Å². The number of unbranched alkanes of at least 4 members (excludes halogenated alkanes) is 1.